The van der Waals surface area contributed by atoms with Gasteiger partial charge in [-0.15, -0.1) is 10.2 Å². The van der Waals surface area contributed by atoms with Gasteiger partial charge in [-0.05, 0) is 38.8 Å². The normalized spacial score (nSPS) is 26.2. The molecule has 0 aliphatic carbocycles. The topological polar surface area (TPSA) is 287 Å². The number of urea groups is 1. The van der Waals surface area contributed by atoms with E-state index in [2.05, 4.69) is 52.6 Å². The van der Waals surface area contributed by atoms with Gasteiger partial charge in [0.2, 0.25) is 5.91 Å². The molecule has 2 saturated heterocycles. The van der Waals surface area contributed by atoms with Gasteiger partial charge in [-0.1, -0.05) is 22.0 Å². The van der Waals surface area contributed by atoms with Crippen LogP contribution in [0.15, 0.2) is 55.2 Å². The second-order valence-corrected chi connectivity index (χ2v) is 11.1. The number of carbonyl (C=O) groups is 3. The van der Waals surface area contributed by atoms with E-state index in [1.165, 1.54) is 10.0 Å². The van der Waals surface area contributed by atoms with Crippen molar-refractivity contribution in [1.29, 1.82) is 0 Å². The molecule has 20 nitrogen and oxygen atoms in total. The summed E-state index contributed by atoms with van der Waals surface area (Å²) in [6, 6.07) is -1.39. The fourth-order valence-corrected chi connectivity index (χ4v) is 5.47. The average molecular weight is 624 g/mol. The molecule has 0 radical (unpaired) electrons. The molecule has 21 heteroatoms. The van der Waals surface area contributed by atoms with E-state index < -0.39 is 29.9 Å². The van der Waals surface area contributed by atoms with Gasteiger partial charge in [-0.25, -0.2) is 14.8 Å². The van der Waals surface area contributed by atoms with Gasteiger partial charge < -0.3 is 43.2 Å². The fraction of sp³-hybridized carbons (Fsp3) is 0.591. The van der Waals surface area contributed by atoms with Crippen molar-refractivity contribution in [3.05, 3.63) is 34.5 Å². The molecule has 14 N–H and O–H groups in total. The van der Waals surface area contributed by atoms with Crippen LogP contribution in [0, 0.1) is 0 Å². The molecule has 1 spiro atoms. The minimum Gasteiger partial charge on any atom is -0.367 e. The number of dihydropyridines is 1. The van der Waals surface area contributed by atoms with Crippen molar-refractivity contribution in [3.63, 3.8) is 0 Å². The maximum Gasteiger partial charge on any atom is 0.320 e. The summed E-state index contributed by atoms with van der Waals surface area (Å²) in [5.41, 5.74) is -0.0291. The van der Waals surface area contributed by atoms with Crippen LogP contribution in [0.4, 0.5) is 4.79 Å². The number of nitrogens with one attached hydrogen (secondary N) is 6. The van der Waals surface area contributed by atoms with Crippen molar-refractivity contribution in [2.75, 3.05) is 26.2 Å². The Hall–Kier alpha value is -4.24. The third-order valence-corrected chi connectivity index (χ3v) is 7.73. The number of nitrogens with zero attached hydrogens (tertiary/aromatic N) is 7. The van der Waals surface area contributed by atoms with E-state index in [4.69, 9.17) is 35.0 Å². The molecule has 0 bridgehead atoms. The first kappa shape index (κ1) is 31.7. The predicted octanol–water partition coefficient (Wildman–Crippen LogP) is -2.90. The molecule has 0 saturated carbocycles. The van der Waals surface area contributed by atoms with Crippen LogP contribution in [0.2, 0.25) is 0 Å². The number of nitrogens with two attached hydrogens (primary N) is 4. The summed E-state index contributed by atoms with van der Waals surface area (Å²) in [4.78, 5) is 40.2. The van der Waals surface area contributed by atoms with E-state index in [0.29, 0.717) is 43.9 Å². The van der Waals surface area contributed by atoms with Crippen molar-refractivity contribution in [1.82, 2.24) is 46.8 Å². The Morgan fingerprint density at radius 1 is 1.12 bits per heavy atom. The van der Waals surface area contributed by atoms with Gasteiger partial charge in [-0.2, -0.15) is 0 Å². The number of hydrogen-bond acceptors (Lipinski definition) is 14. The van der Waals surface area contributed by atoms with E-state index in [-0.39, 0.29) is 35.5 Å². The van der Waals surface area contributed by atoms with Crippen LogP contribution >= 0.6 is 11.6 Å². The molecule has 4 heterocycles. The third-order valence-electron chi connectivity index (χ3n) is 7.44. The average Bonchev–Trinajstić information content (AvgIpc) is 3.18. The first-order valence-corrected chi connectivity index (χ1v) is 13.9. The molecule has 2 fully saturated rings. The largest absolute Gasteiger partial charge is 0.367 e. The Kier molecular flexibility index (Phi) is 9.86. The van der Waals surface area contributed by atoms with Crippen LogP contribution in [0.3, 0.4) is 0 Å². The van der Waals surface area contributed by atoms with Gasteiger partial charge in [0.25, 0.3) is 5.91 Å². The lowest BCUT2D eigenvalue weighted by Gasteiger charge is -2.43. The number of halogens is 1. The van der Waals surface area contributed by atoms with E-state index >= 15 is 0 Å². The molecule has 4 amide bonds. The minimum absolute atomic E-state index is 0.00569. The Morgan fingerprint density at radius 3 is 2.44 bits per heavy atom. The number of likely N-dealkylation sites (tertiary alicyclic amines) is 1. The van der Waals surface area contributed by atoms with Crippen molar-refractivity contribution < 1.29 is 14.4 Å². The van der Waals surface area contributed by atoms with Crippen LogP contribution < -0.4 is 55.3 Å². The number of carbonyl (C=O) groups excluding carboxylic acids is 3. The highest BCUT2D eigenvalue weighted by Gasteiger charge is 2.51. The molecule has 43 heavy (non-hydrogen) atoms. The smallest absolute Gasteiger partial charge is 0.320 e. The van der Waals surface area contributed by atoms with Crippen molar-refractivity contribution in [3.8, 4) is 0 Å². The van der Waals surface area contributed by atoms with Gasteiger partial charge in [0.15, 0.2) is 18.3 Å². The molecule has 4 aliphatic heterocycles. The second-order valence-electron chi connectivity index (χ2n) is 10.7. The van der Waals surface area contributed by atoms with E-state index in [1.54, 1.807) is 17.1 Å². The molecule has 0 aromatic rings. The van der Waals surface area contributed by atoms with Gasteiger partial charge in [0.05, 0.1) is 5.54 Å². The molecule has 3 atom stereocenters. The summed E-state index contributed by atoms with van der Waals surface area (Å²) in [6.45, 7) is 5.19. The van der Waals surface area contributed by atoms with Gasteiger partial charge in [0.1, 0.15) is 17.0 Å². The molecule has 3 unspecified atom stereocenters. The maximum absolute atomic E-state index is 13.3. The van der Waals surface area contributed by atoms with Crippen LogP contribution in [0.1, 0.15) is 26.7 Å². The van der Waals surface area contributed by atoms with E-state index in [0.717, 1.165) is 0 Å². The van der Waals surface area contributed by atoms with Crippen molar-refractivity contribution >= 4 is 29.4 Å². The highest BCUT2D eigenvalue weighted by atomic mass is 35.5. The summed E-state index contributed by atoms with van der Waals surface area (Å²) < 4.78 is 0. The molecule has 0 aromatic carbocycles. The van der Waals surface area contributed by atoms with Gasteiger partial charge >= 0.3 is 6.03 Å². The zero-order chi connectivity index (χ0) is 31.3. The van der Waals surface area contributed by atoms with Crippen LogP contribution in [0.5, 0.6) is 0 Å². The van der Waals surface area contributed by atoms with Gasteiger partial charge in [-0.3, -0.25) is 26.6 Å². The zero-order valence-electron chi connectivity index (χ0n) is 23.7. The summed E-state index contributed by atoms with van der Waals surface area (Å²) in [6.07, 6.45) is 2.53. The molecule has 4 rings (SSSR count). The molecule has 4 aliphatic rings. The number of hydrazine groups is 2. The maximum atomic E-state index is 13.3. The number of amides is 4. The lowest BCUT2D eigenvalue weighted by molar-refractivity contribution is -0.130. The Balaban J connectivity index is 1.35. The van der Waals surface area contributed by atoms with Crippen molar-refractivity contribution in [2.24, 2.45) is 44.0 Å². The first-order valence-electron chi connectivity index (χ1n) is 13.5. The highest BCUT2D eigenvalue weighted by molar-refractivity contribution is 6.29. The van der Waals surface area contributed by atoms with Crippen LogP contribution in [0.25, 0.3) is 0 Å². The van der Waals surface area contributed by atoms with Crippen LogP contribution in [-0.2, 0) is 9.59 Å². The monoisotopic (exact) mass is 623 g/mol. The number of rotatable bonds is 7. The third kappa shape index (κ3) is 7.05. The summed E-state index contributed by atoms with van der Waals surface area (Å²) in [5.74, 6) is 23.0. The molecule has 0 aromatic heterocycles. The number of hydrogen-bond donors (Lipinski definition) is 10. The van der Waals surface area contributed by atoms with E-state index in [1.807, 2.05) is 13.8 Å². The summed E-state index contributed by atoms with van der Waals surface area (Å²) >= 11 is 6.18. The second kappa shape index (κ2) is 13.4. The quantitative estimate of drug-likeness (QED) is 0.0591. The Bertz CT molecular complexity index is 1240. The highest BCUT2D eigenvalue weighted by Crippen LogP contribution is 2.34. The summed E-state index contributed by atoms with van der Waals surface area (Å²) in [5, 5.41) is 33.7. The fourth-order valence-electron chi connectivity index (χ4n) is 5.27. The standard InChI is InChI=1S/C22H38ClN17O3/c1-11(2)29-20(43)30-13-4-3-12(9-28-13)19(42)38-7-5-22(6-8-38)10-39(26)21(40(22)27)33-18(41)14-16(34-36-24)32-17(35-37-25)15(23)31-14/h3-4,11,14,16,21,28,31-32H,5-10,26-27H2,1-2H3,(H2,24,34)(H2,25,35)(H,33,41)(H2,29,30,43). The summed E-state index contributed by atoms with van der Waals surface area (Å²) in [7, 11) is 0. The van der Waals surface area contributed by atoms with E-state index in [9.17, 15) is 14.4 Å². The predicted molar refractivity (Wildman–Crippen MR) is 153 cm³/mol. The minimum atomic E-state index is -1.05. The van der Waals surface area contributed by atoms with Crippen LogP contribution in [-0.4, -0.2) is 89.0 Å². The lowest BCUT2D eigenvalue weighted by Crippen LogP contribution is -2.66. The Labute approximate surface area is 252 Å². The molecule has 236 valence electrons. The molecular weight excluding hydrogens is 586 g/mol. The number of allylic oxidation sites excluding steroid dienone is 2. The first-order chi connectivity index (χ1) is 20.5. The van der Waals surface area contributed by atoms with Gasteiger partial charge in [0, 0.05) is 37.8 Å². The van der Waals surface area contributed by atoms with Crippen molar-refractivity contribution in [2.45, 2.75) is 56.8 Å². The Morgan fingerprint density at radius 2 is 1.84 bits per heavy atom. The SMILES string of the molecule is CC(C)NC(=O)NC1=CC=C(C(=O)N2CCC3(CC2)CN(N)C(NC(=O)C2NC(Cl)=C(N=NN)NC2N=NN)N3N)CN1. The number of piperidine rings is 1. The lowest BCUT2D eigenvalue weighted by atomic mass is 9.87. The zero-order valence-corrected chi connectivity index (χ0v) is 24.5. The molecular formula is C22H38ClN17O3.